The Kier molecular flexibility index (Phi) is 26.4. The summed E-state index contributed by atoms with van der Waals surface area (Å²) in [5.41, 5.74) is 0. The van der Waals surface area contributed by atoms with E-state index in [1.165, 1.54) is 116 Å². The molecular weight excluding hydrogens is 340 g/mol. The van der Waals surface area contributed by atoms with Gasteiger partial charge in [-0.05, 0) is 6.42 Å². The van der Waals surface area contributed by atoms with Gasteiger partial charge < -0.3 is 11.0 Å². The monoisotopic (exact) mass is 388 g/mol. The molecule has 0 saturated carbocycles. The van der Waals surface area contributed by atoms with Crippen molar-refractivity contribution in [1.82, 2.24) is 6.15 Å². The first-order valence-electron chi connectivity index (χ1n) is 11.5. The number of hydrogen-bond donors (Lipinski definition) is 1. The van der Waals surface area contributed by atoms with Crippen molar-refractivity contribution in [2.24, 2.45) is 0 Å². The Balaban J connectivity index is 0. The van der Waals surface area contributed by atoms with Crippen LogP contribution in [0.5, 0.6) is 0 Å². The van der Waals surface area contributed by atoms with Crippen LogP contribution in [0.4, 0.5) is 0 Å². The van der Waals surface area contributed by atoms with Gasteiger partial charge in [0.1, 0.15) is 0 Å². The average Bonchev–Trinajstić information content (AvgIpc) is 2.62. The first-order valence-corrected chi connectivity index (χ1v) is 11.5. The van der Waals surface area contributed by atoms with Crippen molar-refractivity contribution < 1.29 is 9.92 Å². The van der Waals surface area contributed by atoms with Crippen LogP contribution in [0.25, 0.3) is 0 Å². The van der Waals surface area contributed by atoms with Crippen LogP contribution in [0.1, 0.15) is 135 Å². The first-order chi connectivity index (χ1) is 12.8. The fraction of sp³-hybridized carbons (Fsp3) is 1.00. The standard InChI is InChI=1S/C22H45NO3.H3N/c1-2-3-4-5-6-7-8-9-10-11-12-13-14-15-16-17-18-19-20-21-22-26-23(24)25;/h2-22H2,1H3;1H3. The molecule has 3 N–H and O–H groups in total. The lowest BCUT2D eigenvalue weighted by Crippen LogP contribution is -2.01. The van der Waals surface area contributed by atoms with Gasteiger partial charge in [-0.2, -0.15) is 0 Å². The van der Waals surface area contributed by atoms with E-state index in [0.29, 0.717) is 0 Å². The Morgan fingerprint density at radius 3 is 1.07 bits per heavy atom. The molecule has 0 heterocycles. The topological polar surface area (TPSA) is 87.4 Å². The summed E-state index contributed by atoms with van der Waals surface area (Å²) in [7, 11) is 0. The molecule has 0 unspecified atom stereocenters. The average molecular weight is 389 g/mol. The highest BCUT2D eigenvalue weighted by molar-refractivity contribution is 4.50. The molecule has 0 aliphatic heterocycles. The van der Waals surface area contributed by atoms with Gasteiger partial charge in [-0.25, -0.2) is 0 Å². The molecule has 0 aromatic carbocycles. The molecule has 0 atom stereocenters. The van der Waals surface area contributed by atoms with Crippen molar-refractivity contribution in [2.45, 2.75) is 135 Å². The highest BCUT2D eigenvalue weighted by Crippen LogP contribution is 2.14. The summed E-state index contributed by atoms with van der Waals surface area (Å²) in [4.78, 5) is 14.3. The van der Waals surface area contributed by atoms with Crippen molar-refractivity contribution in [1.29, 1.82) is 0 Å². The van der Waals surface area contributed by atoms with E-state index < -0.39 is 5.09 Å². The summed E-state index contributed by atoms with van der Waals surface area (Å²) >= 11 is 0. The van der Waals surface area contributed by atoms with E-state index in [4.69, 9.17) is 0 Å². The molecule has 164 valence electrons. The third kappa shape index (κ3) is 27.5. The van der Waals surface area contributed by atoms with Crippen LogP contribution in [0.3, 0.4) is 0 Å². The Morgan fingerprint density at radius 2 is 0.815 bits per heavy atom. The Labute approximate surface area is 168 Å². The van der Waals surface area contributed by atoms with E-state index in [2.05, 4.69) is 11.8 Å². The largest absolute Gasteiger partial charge is 0.344 e. The molecule has 5 nitrogen and oxygen atoms in total. The maximum Gasteiger partial charge on any atom is 0.294 e. The highest BCUT2D eigenvalue weighted by atomic mass is 16.9. The number of unbranched alkanes of at least 4 members (excludes halogenated alkanes) is 19. The third-order valence-electron chi connectivity index (χ3n) is 5.19. The van der Waals surface area contributed by atoms with Crippen LogP contribution in [-0.4, -0.2) is 11.7 Å². The maximum atomic E-state index is 9.98. The van der Waals surface area contributed by atoms with Gasteiger partial charge in [0, 0.05) is 0 Å². The van der Waals surface area contributed by atoms with E-state index in [9.17, 15) is 10.1 Å². The minimum atomic E-state index is -0.699. The van der Waals surface area contributed by atoms with Crippen molar-refractivity contribution in [3.05, 3.63) is 10.1 Å². The van der Waals surface area contributed by atoms with E-state index in [0.717, 1.165) is 12.8 Å². The smallest absolute Gasteiger partial charge is 0.294 e. The maximum absolute atomic E-state index is 9.98. The van der Waals surface area contributed by atoms with E-state index in [1.54, 1.807) is 0 Å². The fourth-order valence-corrected chi connectivity index (χ4v) is 3.50. The second kappa shape index (κ2) is 25.2. The summed E-state index contributed by atoms with van der Waals surface area (Å²) in [5, 5.41) is 9.28. The van der Waals surface area contributed by atoms with Gasteiger partial charge in [0.2, 0.25) is 0 Å². The molecule has 0 fully saturated rings. The SMILES string of the molecule is CCCCCCCCCCCCCCCCCCCCCCO[N+](=O)[O-].N. The molecule has 0 aliphatic rings. The second-order valence-electron chi connectivity index (χ2n) is 7.77. The predicted octanol–water partition coefficient (Wildman–Crippen LogP) is 8.18. The lowest BCUT2D eigenvalue weighted by molar-refractivity contribution is -0.757. The van der Waals surface area contributed by atoms with Gasteiger partial charge in [-0.1, -0.05) is 129 Å². The minimum Gasteiger partial charge on any atom is -0.344 e. The quantitative estimate of drug-likeness (QED) is 0.115. The zero-order valence-corrected chi connectivity index (χ0v) is 18.2. The summed E-state index contributed by atoms with van der Waals surface area (Å²) < 4.78 is 0. The summed E-state index contributed by atoms with van der Waals surface area (Å²) in [6.07, 6.45) is 26.9. The molecule has 0 rings (SSSR count). The summed E-state index contributed by atoms with van der Waals surface area (Å²) in [5.74, 6) is 0. The molecule has 0 aliphatic carbocycles. The molecule has 0 amide bonds. The third-order valence-corrected chi connectivity index (χ3v) is 5.19. The molecule has 0 aromatic rings. The lowest BCUT2D eigenvalue weighted by Gasteiger charge is -2.04. The van der Waals surface area contributed by atoms with Crippen molar-refractivity contribution in [3.8, 4) is 0 Å². The highest BCUT2D eigenvalue weighted by Gasteiger charge is 1.96. The van der Waals surface area contributed by atoms with Gasteiger partial charge in [0.05, 0.1) is 6.61 Å². The van der Waals surface area contributed by atoms with Crippen LogP contribution < -0.4 is 6.15 Å². The molecular formula is C22H48N2O3. The van der Waals surface area contributed by atoms with E-state index >= 15 is 0 Å². The van der Waals surface area contributed by atoms with Crippen LogP contribution in [0.15, 0.2) is 0 Å². The number of rotatable bonds is 22. The van der Waals surface area contributed by atoms with Crippen molar-refractivity contribution >= 4 is 0 Å². The summed E-state index contributed by atoms with van der Waals surface area (Å²) in [6.45, 7) is 2.54. The second-order valence-corrected chi connectivity index (χ2v) is 7.77. The molecule has 0 bridgehead atoms. The van der Waals surface area contributed by atoms with Gasteiger partial charge in [0.25, 0.3) is 5.09 Å². The number of hydrogen-bond acceptors (Lipinski definition) is 4. The molecule has 0 spiro atoms. The lowest BCUT2D eigenvalue weighted by atomic mass is 10.0. The molecule has 5 heteroatoms. The Hall–Kier alpha value is -0.840. The molecule has 0 saturated heterocycles. The van der Waals surface area contributed by atoms with E-state index in [-0.39, 0.29) is 12.8 Å². The van der Waals surface area contributed by atoms with Crippen molar-refractivity contribution in [2.75, 3.05) is 6.61 Å². The zero-order valence-electron chi connectivity index (χ0n) is 18.2. The molecule has 0 radical (unpaired) electrons. The first kappa shape index (κ1) is 28.4. The predicted molar refractivity (Wildman–Crippen MR) is 116 cm³/mol. The van der Waals surface area contributed by atoms with E-state index in [1.807, 2.05) is 0 Å². The normalized spacial score (nSPS) is 10.6. The van der Waals surface area contributed by atoms with Gasteiger partial charge in [0.15, 0.2) is 0 Å². The van der Waals surface area contributed by atoms with Crippen molar-refractivity contribution in [3.63, 3.8) is 0 Å². The van der Waals surface area contributed by atoms with Crippen LogP contribution in [0.2, 0.25) is 0 Å². The molecule has 27 heavy (non-hydrogen) atoms. The van der Waals surface area contributed by atoms with Gasteiger partial charge >= 0.3 is 0 Å². The van der Waals surface area contributed by atoms with Crippen LogP contribution in [-0.2, 0) is 4.84 Å². The minimum absolute atomic E-state index is 0. The fourth-order valence-electron chi connectivity index (χ4n) is 3.50. The van der Waals surface area contributed by atoms with Gasteiger partial charge in [-0.3, -0.25) is 0 Å². The molecule has 0 aromatic heterocycles. The van der Waals surface area contributed by atoms with Crippen LogP contribution in [0, 0.1) is 10.1 Å². The van der Waals surface area contributed by atoms with Crippen LogP contribution >= 0.6 is 0 Å². The summed E-state index contributed by atoms with van der Waals surface area (Å²) in [6, 6.07) is 0. The van der Waals surface area contributed by atoms with Gasteiger partial charge in [-0.15, -0.1) is 10.1 Å². The Morgan fingerprint density at radius 1 is 0.556 bits per heavy atom. The Bertz CT molecular complexity index is 289. The zero-order chi connectivity index (χ0) is 19.1. The number of nitrogens with zero attached hydrogens (tertiary/aromatic N) is 1.